The first-order valence-electron chi connectivity index (χ1n) is 5.08. The lowest BCUT2D eigenvalue weighted by Gasteiger charge is -2.13. The van der Waals surface area contributed by atoms with Gasteiger partial charge < -0.3 is 9.47 Å². The van der Waals surface area contributed by atoms with Crippen molar-refractivity contribution in [2.45, 2.75) is 20.8 Å². The van der Waals surface area contributed by atoms with E-state index in [-0.39, 0.29) is 11.5 Å². The molecule has 0 fully saturated rings. The Bertz CT molecular complexity index is 475. The van der Waals surface area contributed by atoms with Crippen LogP contribution in [0.4, 0.5) is 0 Å². The van der Waals surface area contributed by atoms with E-state index in [1.165, 1.54) is 13.8 Å². The number of carbonyl (C=O) groups excluding carboxylic acids is 2. The van der Waals surface area contributed by atoms with E-state index in [4.69, 9.17) is 9.47 Å². The van der Waals surface area contributed by atoms with Crippen LogP contribution in [0, 0.1) is 6.92 Å². The van der Waals surface area contributed by atoms with E-state index in [2.05, 4.69) is 6.58 Å². The predicted molar refractivity (Wildman–Crippen MR) is 63.9 cm³/mol. The van der Waals surface area contributed by atoms with Crippen LogP contribution in [0.15, 0.2) is 18.7 Å². The van der Waals surface area contributed by atoms with Gasteiger partial charge in [-0.15, -0.1) is 0 Å². The van der Waals surface area contributed by atoms with E-state index >= 15 is 0 Å². The molecule has 4 heteroatoms. The third kappa shape index (κ3) is 3.17. The highest BCUT2D eigenvalue weighted by Gasteiger charge is 2.14. The molecule has 17 heavy (non-hydrogen) atoms. The van der Waals surface area contributed by atoms with Crippen molar-refractivity contribution in [3.8, 4) is 11.5 Å². The first kappa shape index (κ1) is 13.0. The zero-order valence-corrected chi connectivity index (χ0v) is 10.1. The Morgan fingerprint density at radius 3 is 2.24 bits per heavy atom. The molecule has 0 aliphatic carbocycles. The summed E-state index contributed by atoms with van der Waals surface area (Å²) in [5, 5.41) is 0. The summed E-state index contributed by atoms with van der Waals surface area (Å²) < 4.78 is 10.0. The van der Waals surface area contributed by atoms with E-state index in [9.17, 15) is 9.59 Å². The summed E-state index contributed by atoms with van der Waals surface area (Å²) in [6, 6.07) is 3.32. The minimum atomic E-state index is -0.470. The second-order valence-corrected chi connectivity index (χ2v) is 3.50. The molecule has 1 rings (SSSR count). The summed E-state index contributed by atoms with van der Waals surface area (Å²) in [5.41, 5.74) is 1.52. The van der Waals surface area contributed by atoms with Gasteiger partial charge >= 0.3 is 11.9 Å². The van der Waals surface area contributed by atoms with Crippen molar-refractivity contribution in [1.29, 1.82) is 0 Å². The highest BCUT2D eigenvalue weighted by molar-refractivity contribution is 5.75. The smallest absolute Gasteiger partial charge is 0.308 e. The molecule has 1 aromatic rings. The van der Waals surface area contributed by atoms with Crippen LogP contribution in [-0.4, -0.2) is 11.9 Å². The summed E-state index contributed by atoms with van der Waals surface area (Å²) in [6.07, 6.45) is 1.64. The third-order valence-electron chi connectivity index (χ3n) is 2.13. The molecule has 0 radical (unpaired) electrons. The molecule has 1 aromatic carbocycles. The van der Waals surface area contributed by atoms with Crippen molar-refractivity contribution in [1.82, 2.24) is 0 Å². The maximum absolute atomic E-state index is 11.0. The maximum atomic E-state index is 11.0. The van der Waals surface area contributed by atoms with Crippen LogP contribution in [0.3, 0.4) is 0 Å². The van der Waals surface area contributed by atoms with Gasteiger partial charge in [-0.3, -0.25) is 9.59 Å². The summed E-state index contributed by atoms with van der Waals surface area (Å²) in [7, 11) is 0. The average Bonchev–Trinajstić information content (AvgIpc) is 2.22. The van der Waals surface area contributed by atoms with Crippen molar-refractivity contribution < 1.29 is 19.1 Å². The Morgan fingerprint density at radius 1 is 1.18 bits per heavy atom. The number of carbonyl (C=O) groups is 2. The lowest BCUT2D eigenvalue weighted by molar-refractivity contribution is -0.134. The molecular weight excluding hydrogens is 220 g/mol. The maximum Gasteiger partial charge on any atom is 0.308 e. The van der Waals surface area contributed by atoms with E-state index in [1.807, 2.05) is 0 Å². The fraction of sp³-hybridized carbons (Fsp3) is 0.231. The SMILES string of the molecule is C=Cc1ccc(OC(C)=O)c(OC(C)=O)c1C. The molecule has 0 N–H and O–H groups in total. The summed E-state index contributed by atoms with van der Waals surface area (Å²) in [4.78, 5) is 21.9. The van der Waals surface area contributed by atoms with E-state index in [1.54, 1.807) is 25.1 Å². The van der Waals surface area contributed by atoms with Crippen molar-refractivity contribution in [2.24, 2.45) is 0 Å². The molecule has 0 amide bonds. The minimum Gasteiger partial charge on any atom is -0.423 e. The quantitative estimate of drug-likeness (QED) is 0.595. The Morgan fingerprint density at radius 2 is 1.76 bits per heavy atom. The minimum absolute atomic E-state index is 0.232. The van der Waals surface area contributed by atoms with Gasteiger partial charge in [0.25, 0.3) is 0 Å². The van der Waals surface area contributed by atoms with Crippen LogP contribution in [0.2, 0.25) is 0 Å². The molecule has 0 saturated heterocycles. The van der Waals surface area contributed by atoms with Gasteiger partial charge in [-0.05, 0) is 18.6 Å². The van der Waals surface area contributed by atoms with Crippen LogP contribution in [-0.2, 0) is 9.59 Å². The molecule has 0 saturated carbocycles. The van der Waals surface area contributed by atoms with Crippen molar-refractivity contribution in [3.05, 3.63) is 29.8 Å². The van der Waals surface area contributed by atoms with E-state index in [0.717, 1.165) is 5.56 Å². The van der Waals surface area contributed by atoms with E-state index < -0.39 is 11.9 Å². The number of rotatable bonds is 3. The normalized spacial score (nSPS) is 9.59. The Balaban J connectivity index is 3.29. The predicted octanol–water partition coefficient (Wildman–Crippen LogP) is 2.49. The van der Waals surface area contributed by atoms with Crippen LogP contribution >= 0.6 is 0 Å². The van der Waals surface area contributed by atoms with Gasteiger partial charge in [0.1, 0.15) is 0 Å². The number of esters is 2. The second-order valence-electron chi connectivity index (χ2n) is 3.50. The molecule has 4 nitrogen and oxygen atoms in total. The summed E-state index contributed by atoms with van der Waals surface area (Å²) in [6.45, 7) is 8.00. The van der Waals surface area contributed by atoms with Crippen molar-refractivity contribution >= 4 is 18.0 Å². The fourth-order valence-corrected chi connectivity index (χ4v) is 1.41. The molecule has 0 spiro atoms. The highest BCUT2D eigenvalue weighted by atomic mass is 16.6. The van der Waals surface area contributed by atoms with E-state index in [0.29, 0.717) is 5.56 Å². The van der Waals surface area contributed by atoms with Gasteiger partial charge in [0.2, 0.25) is 0 Å². The average molecular weight is 234 g/mol. The number of benzene rings is 1. The lowest BCUT2D eigenvalue weighted by atomic mass is 10.1. The lowest BCUT2D eigenvalue weighted by Crippen LogP contribution is -2.08. The van der Waals surface area contributed by atoms with Gasteiger partial charge in [-0.25, -0.2) is 0 Å². The largest absolute Gasteiger partial charge is 0.423 e. The van der Waals surface area contributed by atoms with Gasteiger partial charge in [-0.1, -0.05) is 18.7 Å². The van der Waals surface area contributed by atoms with Crippen molar-refractivity contribution in [2.75, 3.05) is 0 Å². The number of hydrogen-bond acceptors (Lipinski definition) is 4. The summed E-state index contributed by atoms with van der Waals surface area (Å²) >= 11 is 0. The molecule has 0 aromatic heterocycles. The second kappa shape index (κ2) is 5.30. The standard InChI is InChI=1S/C13H14O4/c1-5-11-6-7-12(16-9(3)14)13(8(11)2)17-10(4)15/h5-7H,1H2,2-4H3. The zero-order chi connectivity index (χ0) is 13.0. The molecular formula is C13H14O4. The molecule has 0 aliphatic rings. The van der Waals surface area contributed by atoms with Crippen molar-refractivity contribution in [3.63, 3.8) is 0 Å². The topological polar surface area (TPSA) is 52.6 Å². The van der Waals surface area contributed by atoms with Crippen LogP contribution in [0.5, 0.6) is 11.5 Å². The summed E-state index contributed by atoms with van der Waals surface area (Å²) in [5.74, 6) is -0.451. The first-order valence-corrected chi connectivity index (χ1v) is 5.08. The van der Waals surface area contributed by atoms with Crippen LogP contribution in [0.25, 0.3) is 6.08 Å². The van der Waals surface area contributed by atoms with Gasteiger partial charge in [0, 0.05) is 19.4 Å². The Labute approximate surface area is 99.8 Å². The Hall–Kier alpha value is -2.10. The monoisotopic (exact) mass is 234 g/mol. The number of ether oxygens (including phenoxy) is 2. The van der Waals surface area contributed by atoms with Crippen LogP contribution < -0.4 is 9.47 Å². The Kier molecular flexibility index (Phi) is 4.04. The fourth-order valence-electron chi connectivity index (χ4n) is 1.41. The molecule has 0 aliphatic heterocycles. The number of hydrogen-bond donors (Lipinski definition) is 0. The zero-order valence-electron chi connectivity index (χ0n) is 10.1. The van der Waals surface area contributed by atoms with Gasteiger partial charge in [0.05, 0.1) is 0 Å². The molecule has 0 heterocycles. The molecule has 0 unspecified atom stereocenters. The van der Waals surface area contributed by atoms with Gasteiger partial charge in [0.15, 0.2) is 11.5 Å². The van der Waals surface area contributed by atoms with Crippen LogP contribution in [0.1, 0.15) is 25.0 Å². The van der Waals surface area contributed by atoms with Gasteiger partial charge in [-0.2, -0.15) is 0 Å². The highest BCUT2D eigenvalue weighted by Crippen LogP contribution is 2.34. The molecule has 0 bridgehead atoms. The molecule has 0 atom stereocenters. The molecule has 90 valence electrons. The first-order chi connectivity index (χ1) is 7.95. The third-order valence-corrected chi connectivity index (χ3v) is 2.13.